The van der Waals surface area contributed by atoms with Crippen LogP contribution in [-0.4, -0.2) is 46.7 Å². The zero-order chi connectivity index (χ0) is 19.9. The summed E-state index contributed by atoms with van der Waals surface area (Å²) in [6.07, 6.45) is 3.23. The van der Waals surface area contributed by atoms with Crippen molar-refractivity contribution in [1.29, 1.82) is 0 Å². The van der Waals surface area contributed by atoms with Crippen molar-refractivity contribution in [3.63, 3.8) is 0 Å². The van der Waals surface area contributed by atoms with Crippen LogP contribution >= 0.6 is 23.4 Å². The summed E-state index contributed by atoms with van der Waals surface area (Å²) in [6, 6.07) is 4.45. The standard InChI is InChI=1S/C19H23ClFN3O3S/c1-2-11-7-28-17(22-11)16(26)24-19-8-18(9-19,10-19)23-15(25)6-27-12-3-4-13(20)14(21)5-12/h3-5,11,17,22H,2,6-10H2,1H3,(H,23,25)(H,24,26). The van der Waals surface area contributed by atoms with Gasteiger partial charge in [0.2, 0.25) is 5.91 Å². The molecule has 6 nitrogen and oxygen atoms in total. The fourth-order valence-electron chi connectivity index (χ4n) is 4.34. The van der Waals surface area contributed by atoms with Gasteiger partial charge in [-0.1, -0.05) is 18.5 Å². The molecule has 9 heteroatoms. The maximum absolute atomic E-state index is 13.4. The number of hydrogen-bond donors (Lipinski definition) is 3. The second kappa shape index (κ2) is 7.39. The van der Waals surface area contributed by atoms with Crippen molar-refractivity contribution < 1.29 is 18.7 Å². The first-order chi connectivity index (χ1) is 13.3. The molecule has 4 fully saturated rings. The average molecular weight is 428 g/mol. The van der Waals surface area contributed by atoms with Gasteiger partial charge in [-0.3, -0.25) is 14.9 Å². The number of hydrogen-bond acceptors (Lipinski definition) is 5. The molecule has 3 aliphatic carbocycles. The molecule has 2 bridgehead atoms. The third kappa shape index (κ3) is 3.82. The third-order valence-electron chi connectivity index (χ3n) is 5.67. The molecule has 2 amide bonds. The molecule has 2 unspecified atom stereocenters. The summed E-state index contributed by atoms with van der Waals surface area (Å²) in [7, 11) is 0. The lowest BCUT2D eigenvalue weighted by atomic mass is 9.44. The summed E-state index contributed by atoms with van der Waals surface area (Å²) in [6.45, 7) is 1.92. The highest BCUT2D eigenvalue weighted by Crippen LogP contribution is 2.60. The Hall–Kier alpha value is -1.51. The van der Waals surface area contributed by atoms with Crippen molar-refractivity contribution >= 4 is 35.2 Å². The molecule has 152 valence electrons. The van der Waals surface area contributed by atoms with E-state index in [-0.39, 0.29) is 45.6 Å². The molecule has 0 aromatic heterocycles. The van der Waals surface area contributed by atoms with Crippen molar-refractivity contribution in [3.8, 4) is 5.75 Å². The molecule has 1 aromatic rings. The first-order valence-electron chi connectivity index (χ1n) is 9.41. The number of benzene rings is 1. The summed E-state index contributed by atoms with van der Waals surface area (Å²) >= 11 is 7.27. The normalized spacial score (nSPS) is 32.8. The predicted molar refractivity (Wildman–Crippen MR) is 106 cm³/mol. The number of ether oxygens (including phenoxy) is 1. The highest BCUT2D eigenvalue weighted by Gasteiger charge is 2.69. The van der Waals surface area contributed by atoms with Crippen molar-refractivity contribution in [2.45, 2.75) is 55.1 Å². The number of carbonyl (C=O) groups is 2. The van der Waals surface area contributed by atoms with Gasteiger partial charge < -0.3 is 15.4 Å². The van der Waals surface area contributed by atoms with Crippen LogP contribution in [0.15, 0.2) is 18.2 Å². The Morgan fingerprint density at radius 3 is 2.68 bits per heavy atom. The maximum atomic E-state index is 13.4. The van der Waals surface area contributed by atoms with E-state index in [9.17, 15) is 14.0 Å². The quantitative estimate of drug-likeness (QED) is 0.621. The molecule has 1 saturated heterocycles. The van der Waals surface area contributed by atoms with Crippen molar-refractivity contribution in [2.24, 2.45) is 0 Å². The lowest BCUT2D eigenvalue weighted by molar-refractivity contribution is -0.150. The molecule has 28 heavy (non-hydrogen) atoms. The van der Waals surface area contributed by atoms with Gasteiger partial charge in [-0.15, -0.1) is 11.8 Å². The summed E-state index contributed by atoms with van der Waals surface area (Å²) in [5.74, 6) is 0.406. The van der Waals surface area contributed by atoms with Crippen molar-refractivity contribution in [3.05, 3.63) is 29.0 Å². The van der Waals surface area contributed by atoms with Gasteiger partial charge in [-0.05, 0) is 37.8 Å². The van der Waals surface area contributed by atoms with Crippen molar-refractivity contribution in [1.82, 2.24) is 16.0 Å². The Bertz CT molecular complexity index is 789. The molecule has 1 aliphatic heterocycles. The van der Waals surface area contributed by atoms with Gasteiger partial charge in [0.05, 0.1) is 5.02 Å². The Kier molecular flexibility index (Phi) is 5.22. The van der Waals surface area contributed by atoms with E-state index in [2.05, 4.69) is 22.9 Å². The Morgan fingerprint density at radius 2 is 2.04 bits per heavy atom. The first-order valence-corrected chi connectivity index (χ1v) is 10.8. The van der Waals surface area contributed by atoms with Gasteiger partial charge in [-0.25, -0.2) is 4.39 Å². The third-order valence-corrected chi connectivity index (χ3v) is 7.25. The van der Waals surface area contributed by atoms with Gasteiger partial charge in [0, 0.05) is 28.9 Å². The largest absolute Gasteiger partial charge is 0.484 e. The minimum Gasteiger partial charge on any atom is -0.484 e. The molecule has 2 atom stereocenters. The predicted octanol–water partition coefficient (Wildman–Crippen LogP) is 2.21. The van der Waals surface area contributed by atoms with Crippen LogP contribution in [0.2, 0.25) is 5.02 Å². The smallest absolute Gasteiger partial charge is 0.258 e. The van der Waals surface area contributed by atoms with E-state index in [1.807, 2.05) is 0 Å². The van der Waals surface area contributed by atoms with Crippen LogP contribution in [0, 0.1) is 5.82 Å². The van der Waals surface area contributed by atoms with Crippen LogP contribution in [0.5, 0.6) is 5.75 Å². The Balaban J connectivity index is 1.19. The van der Waals surface area contributed by atoms with E-state index >= 15 is 0 Å². The number of thioether (sulfide) groups is 1. The molecule has 3 saturated carbocycles. The van der Waals surface area contributed by atoms with Crippen molar-refractivity contribution in [2.75, 3.05) is 12.4 Å². The summed E-state index contributed by atoms with van der Waals surface area (Å²) < 4.78 is 18.7. The molecule has 1 heterocycles. The second-order valence-electron chi connectivity index (χ2n) is 7.98. The van der Waals surface area contributed by atoms with Gasteiger partial charge in [0.25, 0.3) is 5.91 Å². The zero-order valence-corrected chi connectivity index (χ0v) is 17.1. The molecule has 5 rings (SSSR count). The van der Waals surface area contributed by atoms with Gasteiger partial charge >= 0.3 is 0 Å². The molecule has 3 N–H and O–H groups in total. The fourth-order valence-corrected chi connectivity index (χ4v) is 5.71. The van der Waals surface area contributed by atoms with Gasteiger partial charge in [0.1, 0.15) is 16.9 Å². The Morgan fingerprint density at radius 1 is 1.32 bits per heavy atom. The van der Waals surface area contributed by atoms with E-state index < -0.39 is 5.82 Å². The highest BCUT2D eigenvalue weighted by molar-refractivity contribution is 8.00. The van der Waals surface area contributed by atoms with E-state index in [0.29, 0.717) is 6.04 Å². The van der Waals surface area contributed by atoms with Crippen LogP contribution < -0.4 is 20.7 Å². The average Bonchev–Trinajstić information content (AvgIpc) is 3.09. The minimum atomic E-state index is -0.586. The van der Waals surface area contributed by atoms with E-state index in [0.717, 1.165) is 37.5 Å². The van der Waals surface area contributed by atoms with Crippen LogP contribution in [0.1, 0.15) is 32.6 Å². The molecule has 0 spiro atoms. The zero-order valence-electron chi connectivity index (χ0n) is 15.5. The molecule has 1 aromatic carbocycles. The molecular formula is C19H23ClFN3O3S. The van der Waals surface area contributed by atoms with Crippen LogP contribution in [0.4, 0.5) is 4.39 Å². The van der Waals surface area contributed by atoms with E-state index in [4.69, 9.17) is 16.3 Å². The highest BCUT2D eigenvalue weighted by atomic mass is 35.5. The topological polar surface area (TPSA) is 79.5 Å². The number of carbonyl (C=O) groups excluding carboxylic acids is 2. The van der Waals surface area contributed by atoms with Gasteiger partial charge in [0.15, 0.2) is 6.61 Å². The monoisotopic (exact) mass is 427 g/mol. The van der Waals surface area contributed by atoms with Crippen LogP contribution in [-0.2, 0) is 9.59 Å². The van der Waals surface area contributed by atoms with Gasteiger partial charge in [-0.2, -0.15) is 0 Å². The fraction of sp³-hybridized carbons (Fsp3) is 0.579. The summed E-state index contributed by atoms with van der Waals surface area (Å²) in [4.78, 5) is 24.6. The number of halogens is 2. The minimum absolute atomic E-state index is 0.00873. The number of amides is 2. The van der Waals surface area contributed by atoms with E-state index in [1.165, 1.54) is 12.1 Å². The summed E-state index contributed by atoms with van der Waals surface area (Å²) in [5, 5.41) is 9.30. The molecular weight excluding hydrogens is 405 g/mol. The summed E-state index contributed by atoms with van der Waals surface area (Å²) in [5.41, 5.74) is -0.432. The Labute approximate surface area is 172 Å². The lowest BCUT2D eigenvalue weighted by Gasteiger charge is -2.70. The maximum Gasteiger partial charge on any atom is 0.258 e. The first kappa shape index (κ1) is 19.8. The number of rotatable bonds is 7. The molecule has 4 aliphatic rings. The van der Waals surface area contributed by atoms with E-state index in [1.54, 1.807) is 11.8 Å². The SMILES string of the molecule is CCC1CSC(C(=O)NC23CC(NC(=O)COc4ccc(Cl)c(F)c4)(C2)C3)N1. The van der Waals surface area contributed by atoms with Crippen LogP contribution in [0.3, 0.4) is 0 Å². The second-order valence-corrected chi connectivity index (χ2v) is 9.52. The molecule has 0 radical (unpaired) electrons. The van der Waals surface area contributed by atoms with Crippen LogP contribution in [0.25, 0.3) is 0 Å². The number of nitrogens with one attached hydrogen (secondary N) is 3. The lowest BCUT2D eigenvalue weighted by Crippen LogP contribution is -2.84.